The van der Waals surface area contributed by atoms with Crippen LogP contribution < -0.4 is 10.1 Å². The van der Waals surface area contributed by atoms with E-state index in [9.17, 15) is 14.0 Å². The fourth-order valence-corrected chi connectivity index (χ4v) is 3.59. The lowest BCUT2D eigenvalue weighted by molar-refractivity contribution is -0.142. The summed E-state index contributed by atoms with van der Waals surface area (Å²) in [6.45, 7) is 3.81. The van der Waals surface area contributed by atoms with Crippen LogP contribution in [0.25, 0.3) is 0 Å². The Morgan fingerprint density at radius 3 is 2.33 bits per heavy atom. The molecule has 3 aromatic rings. The monoisotopic (exact) mass is 448 g/mol. The Hall–Kier alpha value is -3.67. The summed E-state index contributed by atoms with van der Waals surface area (Å²) in [5.74, 6) is -0.336. The highest BCUT2D eigenvalue weighted by Crippen LogP contribution is 2.20. The fraction of sp³-hybridized carbons (Fsp3) is 0.259. The van der Waals surface area contributed by atoms with Crippen LogP contribution in [0.15, 0.2) is 72.8 Å². The van der Waals surface area contributed by atoms with Gasteiger partial charge in [0.15, 0.2) is 6.61 Å². The lowest BCUT2D eigenvalue weighted by Gasteiger charge is -2.31. The van der Waals surface area contributed by atoms with Crippen molar-refractivity contribution in [2.75, 3.05) is 13.7 Å². The van der Waals surface area contributed by atoms with E-state index >= 15 is 0 Å². The van der Waals surface area contributed by atoms with Gasteiger partial charge in [0.05, 0.1) is 0 Å². The van der Waals surface area contributed by atoms with Gasteiger partial charge in [0.1, 0.15) is 17.6 Å². The van der Waals surface area contributed by atoms with E-state index in [4.69, 9.17) is 4.74 Å². The number of carbonyl (C=O) groups excluding carboxylic acids is 2. The quantitative estimate of drug-likeness (QED) is 0.534. The largest absolute Gasteiger partial charge is 0.483 e. The van der Waals surface area contributed by atoms with Crippen LogP contribution in [-0.4, -0.2) is 36.4 Å². The molecule has 0 heterocycles. The molecule has 0 bridgehead atoms. The third-order valence-corrected chi connectivity index (χ3v) is 5.48. The first-order chi connectivity index (χ1) is 15.9. The Kier molecular flexibility index (Phi) is 8.19. The molecule has 1 N–H and O–H groups in total. The molecule has 0 spiro atoms. The number of nitrogens with zero attached hydrogens (tertiary/aromatic N) is 1. The highest BCUT2D eigenvalue weighted by Gasteiger charge is 2.30. The second-order valence-corrected chi connectivity index (χ2v) is 8.03. The first-order valence-corrected chi connectivity index (χ1v) is 10.9. The van der Waals surface area contributed by atoms with Crippen LogP contribution in [-0.2, 0) is 22.6 Å². The van der Waals surface area contributed by atoms with Gasteiger partial charge >= 0.3 is 0 Å². The highest BCUT2D eigenvalue weighted by molar-refractivity contribution is 5.88. The van der Waals surface area contributed by atoms with Crippen LogP contribution in [0.3, 0.4) is 0 Å². The van der Waals surface area contributed by atoms with E-state index in [1.54, 1.807) is 19.2 Å². The van der Waals surface area contributed by atoms with Crippen molar-refractivity contribution in [3.05, 3.63) is 101 Å². The van der Waals surface area contributed by atoms with Crippen LogP contribution in [0.4, 0.5) is 4.39 Å². The summed E-state index contributed by atoms with van der Waals surface area (Å²) < 4.78 is 19.3. The van der Waals surface area contributed by atoms with E-state index < -0.39 is 6.04 Å². The number of nitrogens with one attached hydrogen (secondary N) is 1. The Bertz CT molecular complexity index is 1080. The lowest BCUT2D eigenvalue weighted by atomic mass is 10.0. The molecule has 0 aliphatic carbocycles. The van der Waals surface area contributed by atoms with Crippen LogP contribution in [0.5, 0.6) is 5.75 Å². The number of aryl methyl sites for hydroxylation is 2. The van der Waals surface area contributed by atoms with Gasteiger partial charge in [-0.15, -0.1) is 0 Å². The van der Waals surface area contributed by atoms with Gasteiger partial charge in [-0.2, -0.15) is 0 Å². The number of rotatable bonds is 9. The SMILES string of the molecule is CNC(=O)[C@@H](Cc1ccccc1)N(Cc1ccc(F)cc1)C(=O)COc1cc(C)ccc1C. The molecule has 3 aromatic carbocycles. The predicted octanol–water partition coefficient (Wildman–Crippen LogP) is 4.21. The molecule has 0 unspecified atom stereocenters. The second-order valence-electron chi connectivity index (χ2n) is 8.03. The minimum atomic E-state index is -0.753. The number of hydrogen-bond acceptors (Lipinski definition) is 3. The van der Waals surface area contributed by atoms with Gasteiger partial charge in [0.2, 0.25) is 5.91 Å². The van der Waals surface area contributed by atoms with Crippen molar-refractivity contribution in [3.63, 3.8) is 0 Å². The zero-order valence-corrected chi connectivity index (χ0v) is 19.2. The van der Waals surface area contributed by atoms with Gasteiger partial charge in [-0.1, -0.05) is 54.6 Å². The summed E-state index contributed by atoms with van der Waals surface area (Å²) in [5.41, 5.74) is 3.60. The van der Waals surface area contributed by atoms with Crippen molar-refractivity contribution in [1.29, 1.82) is 0 Å². The number of hydrogen-bond donors (Lipinski definition) is 1. The molecule has 3 rings (SSSR count). The Labute approximate surface area is 194 Å². The van der Waals surface area contributed by atoms with Crippen LogP contribution in [0.2, 0.25) is 0 Å². The Morgan fingerprint density at radius 1 is 0.970 bits per heavy atom. The standard InChI is InChI=1S/C27H29FN2O3/c1-19-9-10-20(2)25(15-19)33-18-26(31)30(17-22-11-13-23(28)14-12-22)24(27(32)29-3)16-21-7-5-4-6-8-21/h4-15,24H,16-18H2,1-3H3,(H,29,32)/t24-/m1/s1. The molecule has 0 aromatic heterocycles. The van der Waals surface area contributed by atoms with Gasteiger partial charge in [-0.05, 0) is 54.3 Å². The summed E-state index contributed by atoms with van der Waals surface area (Å²) in [6, 6.07) is 20.5. The van der Waals surface area contributed by atoms with Gasteiger partial charge in [-0.3, -0.25) is 9.59 Å². The zero-order chi connectivity index (χ0) is 23.8. The minimum absolute atomic E-state index is 0.153. The number of benzene rings is 3. The van der Waals surface area contributed by atoms with E-state index in [1.165, 1.54) is 17.0 Å². The Morgan fingerprint density at radius 2 is 1.67 bits per heavy atom. The number of ether oxygens (including phenoxy) is 1. The van der Waals surface area contributed by atoms with Crippen molar-refractivity contribution in [2.45, 2.75) is 32.9 Å². The molecule has 0 fully saturated rings. The van der Waals surface area contributed by atoms with Crippen molar-refractivity contribution in [1.82, 2.24) is 10.2 Å². The number of halogens is 1. The summed E-state index contributed by atoms with van der Waals surface area (Å²) in [5, 5.41) is 2.67. The number of carbonyl (C=O) groups is 2. The fourth-order valence-electron chi connectivity index (χ4n) is 3.59. The minimum Gasteiger partial charge on any atom is -0.483 e. The van der Waals surface area contributed by atoms with E-state index in [0.717, 1.165) is 22.3 Å². The molecule has 5 nitrogen and oxygen atoms in total. The highest BCUT2D eigenvalue weighted by atomic mass is 19.1. The molecule has 6 heteroatoms. The zero-order valence-electron chi connectivity index (χ0n) is 19.2. The Balaban J connectivity index is 1.88. The molecule has 0 saturated heterocycles. The molecule has 0 aliphatic heterocycles. The molecular formula is C27H29FN2O3. The van der Waals surface area contributed by atoms with Crippen molar-refractivity contribution < 1.29 is 18.7 Å². The molecule has 33 heavy (non-hydrogen) atoms. The average Bonchev–Trinajstić information content (AvgIpc) is 2.83. The van der Waals surface area contributed by atoms with E-state index in [2.05, 4.69) is 5.32 Å². The van der Waals surface area contributed by atoms with Crippen LogP contribution in [0, 0.1) is 19.7 Å². The van der Waals surface area contributed by atoms with Crippen LogP contribution in [0.1, 0.15) is 22.3 Å². The smallest absolute Gasteiger partial charge is 0.261 e. The normalized spacial score (nSPS) is 11.5. The third-order valence-electron chi connectivity index (χ3n) is 5.48. The number of amides is 2. The van der Waals surface area contributed by atoms with Gasteiger partial charge in [-0.25, -0.2) is 4.39 Å². The molecule has 0 saturated carbocycles. The molecule has 0 aliphatic rings. The molecule has 2 amide bonds. The van der Waals surface area contributed by atoms with Crippen molar-refractivity contribution in [2.24, 2.45) is 0 Å². The third kappa shape index (κ3) is 6.65. The molecular weight excluding hydrogens is 419 g/mol. The summed E-state index contributed by atoms with van der Waals surface area (Å²) >= 11 is 0. The van der Waals surface area contributed by atoms with Crippen LogP contribution >= 0.6 is 0 Å². The van der Waals surface area contributed by atoms with E-state index in [1.807, 2.05) is 62.4 Å². The predicted molar refractivity (Wildman–Crippen MR) is 126 cm³/mol. The maximum Gasteiger partial charge on any atom is 0.261 e. The maximum absolute atomic E-state index is 13.4. The summed E-state index contributed by atoms with van der Waals surface area (Å²) in [7, 11) is 1.55. The summed E-state index contributed by atoms with van der Waals surface area (Å²) in [6.07, 6.45) is 0.344. The lowest BCUT2D eigenvalue weighted by Crippen LogP contribution is -2.51. The molecule has 0 radical (unpaired) electrons. The van der Waals surface area contributed by atoms with Gasteiger partial charge < -0.3 is 15.0 Å². The average molecular weight is 449 g/mol. The molecule has 1 atom stereocenters. The summed E-state index contributed by atoms with van der Waals surface area (Å²) in [4.78, 5) is 27.8. The maximum atomic E-state index is 13.4. The van der Waals surface area contributed by atoms with E-state index in [0.29, 0.717) is 12.2 Å². The van der Waals surface area contributed by atoms with Crippen molar-refractivity contribution >= 4 is 11.8 Å². The first kappa shape index (κ1) is 24.0. The topological polar surface area (TPSA) is 58.6 Å². The van der Waals surface area contributed by atoms with E-state index in [-0.39, 0.29) is 30.8 Å². The number of likely N-dealkylation sites (N-methyl/N-ethyl adjacent to an activating group) is 1. The van der Waals surface area contributed by atoms with Gasteiger partial charge in [0, 0.05) is 20.0 Å². The first-order valence-electron chi connectivity index (χ1n) is 10.9. The second kappa shape index (κ2) is 11.3. The van der Waals surface area contributed by atoms with Gasteiger partial charge in [0.25, 0.3) is 5.91 Å². The van der Waals surface area contributed by atoms with Crippen molar-refractivity contribution in [3.8, 4) is 5.75 Å². The molecule has 172 valence electrons.